The lowest BCUT2D eigenvalue weighted by Gasteiger charge is -2.18. The Labute approximate surface area is 125 Å². The van der Waals surface area contributed by atoms with E-state index < -0.39 is 0 Å². The van der Waals surface area contributed by atoms with Gasteiger partial charge in [0, 0.05) is 18.6 Å². The fourth-order valence-corrected chi connectivity index (χ4v) is 2.88. The van der Waals surface area contributed by atoms with Crippen LogP contribution in [0.1, 0.15) is 62.3 Å². The summed E-state index contributed by atoms with van der Waals surface area (Å²) in [5.74, 6) is 0.219. The second kappa shape index (κ2) is 7.69. The summed E-state index contributed by atoms with van der Waals surface area (Å²) in [5.41, 5.74) is 0.558. The summed E-state index contributed by atoms with van der Waals surface area (Å²) >= 11 is 1.14. The third kappa shape index (κ3) is 4.83. The highest BCUT2D eigenvalue weighted by atomic mass is 32.1. The highest BCUT2D eigenvalue weighted by Gasteiger charge is 2.26. The predicted molar refractivity (Wildman–Crippen MR) is 81.0 cm³/mol. The first-order valence-electron chi connectivity index (χ1n) is 7.12. The topological polar surface area (TPSA) is 75.1 Å². The van der Waals surface area contributed by atoms with Crippen LogP contribution in [0.5, 0.6) is 0 Å². The van der Waals surface area contributed by atoms with Gasteiger partial charge in [-0.3, -0.25) is 4.79 Å². The minimum Gasteiger partial charge on any atom is -0.396 e. The molecule has 2 N–H and O–H groups in total. The maximum Gasteiger partial charge on any atom is 0.264 e. The Bertz CT molecular complexity index is 420. The van der Waals surface area contributed by atoms with Gasteiger partial charge in [0.25, 0.3) is 5.91 Å². The summed E-state index contributed by atoms with van der Waals surface area (Å²) in [6, 6.07) is 0. The van der Waals surface area contributed by atoms with Crippen LogP contribution < -0.4 is 5.32 Å². The van der Waals surface area contributed by atoms with Crippen LogP contribution in [-0.4, -0.2) is 33.8 Å². The first-order chi connectivity index (χ1) is 9.40. The number of nitrogens with zero attached hydrogens (tertiary/aromatic N) is 2. The van der Waals surface area contributed by atoms with Crippen molar-refractivity contribution in [2.75, 3.05) is 13.2 Å². The molecule has 1 aromatic rings. The summed E-state index contributed by atoms with van der Waals surface area (Å²) in [6.07, 6.45) is 2.78. The molecule has 0 fully saturated rings. The molecule has 0 spiro atoms. The zero-order valence-corrected chi connectivity index (χ0v) is 13.6. The Morgan fingerprint density at radius 3 is 2.65 bits per heavy atom. The van der Waals surface area contributed by atoms with E-state index in [1.807, 2.05) is 20.8 Å². The minimum atomic E-state index is -0.187. The number of carbonyl (C=O) groups excluding carboxylic acids is 1. The monoisotopic (exact) mass is 299 g/mol. The first kappa shape index (κ1) is 17.0. The molecule has 1 aromatic heterocycles. The van der Waals surface area contributed by atoms with Gasteiger partial charge in [-0.25, -0.2) is 0 Å². The van der Waals surface area contributed by atoms with Crippen LogP contribution in [0.4, 0.5) is 0 Å². The predicted octanol–water partition coefficient (Wildman–Crippen LogP) is 2.36. The fraction of sp³-hybridized carbons (Fsp3) is 0.786. The Kier molecular flexibility index (Phi) is 6.55. The maximum atomic E-state index is 12.2. The van der Waals surface area contributed by atoms with Crippen molar-refractivity contribution in [1.29, 1.82) is 0 Å². The first-order valence-corrected chi connectivity index (χ1v) is 7.89. The average Bonchev–Trinajstić information content (AvgIpc) is 2.85. The van der Waals surface area contributed by atoms with E-state index in [0.29, 0.717) is 17.3 Å². The molecule has 0 aliphatic carbocycles. The van der Waals surface area contributed by atoms with Crippen molar-refractivity contribution < 1.29 is 9.90 Å². The SMILES string of the molecule is CCCC(CCO)CNC(=O)c1snnc1C(C)(C)C. The van der Waals surface area contributed by atoms with Gasteiger partial charge in [-0.1, -0.05) is 38.6 Å². The third-order valence-corrected chi connectivity index (χ3v) is 3.91. The van der Waals surface area contributed by atoms with Gasteiger partial charge >= 0.3 is 0 Å². The van der Waals surface area contributed by atoms with Crippen LogP contribution in [-0.2, 0) is 5.41 Å². The van der Waals surface area contributed by atoms with E-state index in [0.717, 1.165) is 36.5 Å². The van der Waals surface area contributed by atoms with Gasteiger partial charge in [0.05, 0.1) is 5.69 Å². The average molecular weight is 299 g/mol. The number of aliphatic hydroxyl groups excluding tert-OH is 1. The number of hydrogen-bond acceptors (Lipinski definition) is 5. The van der Waals surface area contributed by atoms with Crippen molar-refractivity contribution in [2.45, 2.75) is 52.4 Å². The third-order valence-electron chi connectivity index (χ3n) is 3.19. The van der Waals surface area contributed by atoms with Gasteiger partial charge in [0.2, 0.25) is 0 Å². The Balaban J connectivity index is 2.65. The maximum absolute atomic E-state index is 12.2. The fourth-order valence-electron chi connectivity index (χ4n) is 2.09. The molecule has 0 radical (unpaired) electrons. The smallest absolute Gasteiger partial charge is 0.264 e. The lowest BCUT2D eigenvalue weighted by atomic mass is 9.91. The van der Waals surface area contributed by atoms with Gasteiger partial charge in [-0.05, 0) is 30.3 Å². The van der Waals surface area contributed by atoms with Gasteiger partial charge in [0.1, 0.15) is 4.88 Å². The van der Waals surface area contributed by atoms with E-state index in [1.165, 1.54) is 0 Å². The lowest BCUT2D eigenvalue weighted by molar-refractivity contribution is 0.0944. The van der Waals surface area contributed by atoms with Crippen molar-refractivity contribution in [2.24, 2.45) is 5.92 Å². The molecule has 1 heterocycles. The number of rotatable bonds is 7. The second-order valence-corrected chi connectivity index (χ2v) is 6.83. The highest BCUT2D eigenvalue weighted by Crippen LogP contribution is 2.25. The molecular formula is C14H25N3O2S. The molecule has 0 aliphatic rings. The molecule has 1 unspecified atom stereocenters. The molecule has 20 heavy (non-hydrogen) atoms. The molecular weight excluding hydrogens is 274 g/mol. The Morgan fingerprint density at radius 2 is 2.10 bits per heavy atom. The van der Waals surface area contributed by atoms with E-state index in [-0.39, 0.29) is 17.9 Å². The molecule has 0 bridgehead atoms. The van der Waals surface area contributed by atoms with E-state index in [2.05, 4.69) is 21.8 Å². The van der Waals surface area contributed by atoms with Crippen molar-refractivity contribution >= 4 is 17.4 Å². The number of nitrogens with one attached hydrogen (secondary N) is 1. The van der Waals surface area contributed by atoms with E-state index in [9.17, 15) is 4.79 Å². The Hall–Kier alpha value is -1.01. The number of hydrogen-bond donors (Lipinski definition) is 2. The van der Waals surface area contributed by atoms with E-state index in [4.69, 9.17) is 5.11 Å². The molecule has 0 saturated heterocycles. The van der Waals surface area contributed by atoms with E-state index >= 15 is 0 Å². The summed E-state index contributed by atoms with van der Waals surface area (Å²) in [7, 11) is 0. The zero-order chi connectivity index (χ0) is 15.2. The molecule has 114 valence electrons. The van der Waals surface area contributed by atoms with E-state index in [1.54, 1.807) is 0 Å². The highest BCUT2D eigenvalue weighted by molar-refractivity contribution is 7.08. The lowest BCUT2D eigenvalue weighted by Crippen LogP contribution is -2.31. The molecule has 0 aromatic carbocycles. The Morgan fingerprint density at radius 1 is 1.40 bits per heavy atom. The van der Waals surface area contributed by atoms with Crippen LogP contribution in [0, 0.1) is 5.92 Å². The number of carbonyl (C=O) groups is 1. The van der Waals surface area contributed by atoms with Crippen LogP contribution in [0.2, 0.25) is 0 Å². The van der Waals surface area contributed by atoms with Crippen LogP contribution >= 0.6 is 11.5 Å². The summed E-state index contributed by atoms with van der Waals surface area (Å²) in [6.45, 7) is 8.92. The van der Waals surface area contributed by atoms with Crippen molar-refractivity contribution in [3.05, 3.63) is 10.6 Å². The number of amides is 1. The zero-order valence-electron chi connectivity index (χ0n) is 12.8. The quantitative estimate of drug-likeness (QED) is 0.810. The summed E-state index contributed by atoms with van der Waals surface area (Å²) in [4.78, 5) is 12.8. The number of aromatic nitrogens is 2. The van der Waals surface area contributed by atoms with Gasteiger partial charge in [-0.2, -0.15) is 0 Å². The van der Waals surface area contributed by atoms with Crippen molar-refractivity contribution in [3.63, 3.8) is 0 Å². The van der Waals surface area contributed by atoms with Crippen molar-refractivity contribution in [3.8, 4) is 0 Å². The standard InChI is InChI=1S/C14H25N3O2S/c1-5-6-10(7-8-18)9-15-13(19)11-12(14(2,3)4)16-17-20-11/h10,18H,5-9H2,1-4H3,(H,15,19). The van der Waals surface area contributed by atoms with Crippen LogP contribution in [0.25, 0.3) is 0 Å². The van der Waals surface area contributed by atoms with Crippen LogP contribution in [0.3, 0.4) is 0 Å². The van der Waals surface area contributed by atoms with Crippen LogP contribution in [0.15, 0.2) is 0 Å². The largest absolute Gasteiger partial charge is 0.396 e. The molecule has 0 aliphatic heterocycles. The number of aliphatic hydroxyl groups is 1. The summed E-state index contributed by atoms with van der Waals surface area (Å²) in [5, 5.41) is 16.1. The second-order valence-electron chi connectivity index (χ2n) is 6.08. The van der Waals surface area contributed by atoms with Crippen molar-refractivity contribution in [1.82, 2.24) is 14.9 Å². The molecule has 6 heteroatoms. The minimum absolute atomic E-state index is 0.107. The molecule has 1 rings (SSSR count). The molecule has 5 nitrogen and oxygen atoms in total. The van der Waals surface area contributed by atoms with Gasteiger partial charge in [0.15, 0.2) is 0 Å². The summed E-state index contributed by atoms with van der Waals surface area (Å²) < 4.78 is 3.90. The normalized spacial score (nSPS) is 13.2. The molecule has 1 atom stereocenters. The molecule has 0 saturated carbocycles. The van der Waals surface area contributed by atoms with Gasteiger partial charge in [-0.15, -0.1) is 5.10 Å². The van der Waals surface area contributed by atoms with Gasteiger partial charge < -0.3 is 10.4 Å². The molecule has 1 amide bonds.